The van der Waals surface area contributed by atoms with Crippen molar-refractivity contribution in [3.05, 3.63) is 35.6 Å². The highest BCUT2D eigenvalue weighted by Gasteiger charge is 2.36. The molecule has 1 aromatic carbocycles. The topological polar surface area (TPSA) is 44.4 Å². The molecular formula is C19H29ClFN3O. The Balaban J connectivity index is 0.00000225. The zero-order valence-corrected chi connectivity index (χ0v) is 15.7. The molecule has 1 aliphatic heterocycles. The Morgan fingerprint density at radius 3 is 2.64 bits per heavy atom. The van der Waals surface area contributed by atoms with Crippen LogP contribution in [-0.2, 0) is 10.2 Å². The van der Waals surface area contributed by atoms with E-state index in [2.05, 4.69) is 22.5 Å². The third-order valence-electron chi connectivity index (χ3n) is 5.63. The van der Waals surface area contributed by atoms with Gasteiger partial charge in [-0.05, 0) is 37.5 Å². The summed E-state index contributed by atoms with van der Waals surface area (Å²) < 4.78 is 13.2. The van der Waals surface area contributed by atoms with E-state index in [0.29, 0.717) is 19.1 Å². The molecule has 1 saturated carbocycles. The molecule has 2 N–H and O–H groups in total. The van der Waals surface area contributed by atoms with Crippen molar-refractivity contribution in [2.24, 2.45) is 0 Å². The van der Waals surface area contributed by atoms with Crippen LogP contribution in [0.3, 0.4) is 0 Å². The molecule has 2 fully saturated rings. The number of nitrogens with zero attached hydrogens (tertiary/aromatic N) is 1. The first-order valence-electron chi connectivity index (χ1n) is 9.07. The Kier molecular flexibility index (Phi) is 7.23. The monoisotopic (exact) mass is 369 g/mol. The summed E-state index contributed by atoms with van der Waals surface area (Å²) in [5.74, 6) is -0.110. The van der Waals surface area contributed by atoms with Crippen molar-refractivity contribution < 1.29 is 9.18 Å². The van der Waals surface area contributed by atoms with Gasteiger partial charge >= 0.3 is 0 Å². The Hall–Kier alpha value is -1.17. The van der Waals surface area contributed by atoms with Gasteiger partial charge < -0.3 is 10.6 Å². The molecule has 1 saturated heterocycles. The van der Waals surface area contributed by atoms with Crippen molar-refractivity contribution in [1.82, 2.24) is 15.5 Å². The van der Waals surface area contributed by atoms with Crippen LogP contribution in [0.15, 0.2) is 24.3 Å². The molecule has 1 aliphatic carbocycles. The van der Waals surface area contributed by atoms with Crippen LogP contribution in [0.25, 0.3) is 0 Å². The van der Waals surface area contributed by atoms with Gasteiger partial charge in [0.05, 0.1) is 6.54 Å². The van der Waals surface area contributed by atoms with E-state index < -0.39 is 0 Å². The fourth-order valence-electron chi connectivity index (χ4n) is 4.05. The van der Waals surface area contributed by atoms with Crippen molar-refractivity contribution in [2.75, 3.05) is 32.7 Å². The molecule has 0 spiro atoms. The highest BCUT2D eigenvalue weighted by Crippen LogP contribution is 2.40. The Morgan fingerprint density at radius 2 is 2.00 bits per heavy atom. The summed E-state index contributed by atoms with van der Waals surface area (Å²) in [4.78, 5) is 14.6. The van der Waals surface area contributed by atoms with Gasteiger partial charge in [0.1, 0.15) is 5.82 Å². The van der Waals surface area contributed by atoms with Crippen LogP contribution in [0.2, 0.25) is 0 Å². The number of benzene rings is 1. The lowest BCUT2D eigenvalue weighted by Crippen LogP contribution is -2.53. The van der Waals surface area contributed by atoms with Crippen molar-refractivity contribution in [3.8, 4) is 0 Å². The smallest absolute Gasteiger partial charge is 0.234 e. The van der Waals surface area contributed by atoms with Crippen molar-refractivity contribution >= 4 is 18.3 Å². The molecule has 3 rings (SSSR count). The molecule has 140 valence electrons. The average Bonchev–Trinajstić information content (AvgIpc) is 3.06. The van der Waals surface area contributed by atoms with Gasteiger partial charge in [0, 0.05) is 37.6 Å². The van der Waals surface area contributed by atoms with Gasteiger partial charge in [0.15, 0.2) is 0 Å². The fraction of sp³-hybridized carbons (Fsp3) is 0.632. The SMILES string of the molecule is C[C@H]1CNCCN1CC(=O)NCC1(c2ccc(F)cc2)CCCC1.Cl. The highest BCUT2D eigenvalue weighted by atomic mass is 35.5. The summed E-state index contributed by atoms with van der Waals surface area (Å²) in [7, 11) is 0. The summed E-state index contributed by atoms with van der Waals surface area (Å²) in [6, 6.07) is 7.21. The van der Waals surface area contributed by atoms with E-state index in [9.17, 15) is 9.18 Å². The van der Waals surface area contributed by atoms with Gasteiger partial charge in [-0.2, -0.15) is 0 Å². The van der Waals surface area contributed by atoms with E-state index in [0.717, 1.165) is 38.0 Å². The number of halogens is 2. The fourth-order valence-corrected chi connectivity index (χ4v) is 4.05. The number of piperazine rings is 1. The lowest BCUT2D eigenvalue weighted by atomic mass is 9.79. The van der Waals surface area contributed by atoms with Gasteiger partial charge in [0.25, 0.3) is 0 Å². The van der Waals surface area contributed by atoms with Gasteiger partial charge in [-0.3, -0.25) is 9.69 Å². The van der Waals surface area contributed by atoms with Crippen molar-refractivity contribution in [2.45, 2.75) is 44.1 Å². The maximum atomic E-state index is 13.2. The molecule has 0 radical (unpaired) electrons. The number of carbonyl (C=O) groups excluding carboxylic acids is 1. The van der Waals surface area contributed by atoms with E-state index in [1.54, 1.807) is 0 Å². The van der Waals surface area contributed by atoms with Crippen LogP contribution in [0.1, 0.15) is 38.2 Å². The van der Waals surface area contributed by atoms with Crippen LogP contribution in [-0.4, -0.2) is 49.6 Å². The predicted octanol–water partition coefficient (Wildman–Crippen LogP) is 2.47. The quantitative estimate of drug-likeness (QED) is 0.838. The first kappa shape index (κ1) is 20.1. The lowest BCUT2D eigenvalue weighted by Gasteiger charge is -2.34. The Labute approximate surface area is 156 Å². The Bertz CT molecular complexity index is 560. The third kappa shape index (κ3) is 4.93. The van der Waals surface area contributed by atoms with Crippen LogP contribution in [0.5, 0.6) is 0 Å². The molecule has 1 heterocycles. The van der Waals surface area contributed by atoms with Crippen LogP contribution >= 0.6 is 12.4 Å². The van der Waals surface area contributed by atoms with E-state index in [1.807, 2.05) is 12.1 Å². The van der Waals surface area contributed by atoms with E-state index in [1.165, 1.54) is 25.0 Å². The first-order valence-corrected chi connectivity index (χ1v) is 9.07. The van der Waals surface area contributed by atoms with Gasteiger partial charge in [-0.15, -0.1) is 12.4 Å². The zero-order chi connectivity index (χ0) is 17.0. The molecule has 0 aromatic heterocycles. The summed E-state index contributed by atoms with van der Waals surface area (Å²) >= 11 is 0. The highest BCUT2D eigenvalue weighted by molar-refractivity contribution is 5.85. The maximum Gasteiger partial charge on any atom is 0.234 e. The van der Waals surface area contributed by atoms with Gasteiger partial charge in [0.2, 0.25) is 5.91 Å². The second-order valence-corrected chi connectivity index (χ2v) is 7.29. The summed E-state index contributed by atoms with van der Waals surface area (Å²) in [5.41, 5.74) is 1.12. The number of carbonyl (C=O) groups is 1. The average molecular weight is 370 g/mol. The largest absolute Gasteiger partial charge is 0.354 e. The molecule has 1 atom stereocenters. The minimum Gasteiger partial charge on any atom is -0.354 e. The molecule has 4 nitrogen and oxygen atoms in total. The summed E-state index contributed by atoms with van der Waals surface area (Å²) in [6.07, 6.45) is 4.45. The van der Waals surface area contributed by atoms with Crippen molar-refractivity contribution in [1.29, 1.82) is 0 Å². The first-order chi connectivity index (χ1) is 11.6. The standard InChI is InChI=1S/C19H28FN3O.ClH/c1-15-12-21-10-11-23(15)13-18(24)22-14-19(8-2-3-9-19)16-4-6-17(20)7-5-16;/h4-7,15,21H,2-3,8-14H2,1H3,(H,22,24);1H/t15-;/m0./s1. The molecule has 0 bridgehead atoms. The van der Waals surface area contributed by atoms with Gasteiger partial charge in [-0.1, -0.05) is 25.0 Å². The minimum atomic E-state index is -0.205. The normalized spacial score (nSPS) is 23.0. The van der Waals surface area contributed by atoms with E-state index >= 15 is 0 Å². The second-order valence-electron chi connectivity index (χ2n) is 7.29. The minimum absolute atomic E-state index is 0. The van der Waals surface area contributed by atoms with E-state index in [-0.39, 0.29) is 29.5 Å². The predicted molar refractivity (Wildman–Crippen MR) is 101 cm³/mol. The maximum absolute atomic E-state index is 13.2. The summed E-state index contributed by atoms with van der Waals surface area (Å²) in [5, 5.41) is 6.49. The molecule has 1 aromatic rings. The lowest BCUT2D eigenvalue weighted by molar-refractivity contribution is -0.123. The van der Waals surface area contributed by atoms with E-state index in [4.69, 9.17) is 0 Å². The molecular weight excluding hydrogens is 341 g/mol. The number of rotatable bonds is 5. The van der Waals surface area contributed by atoms with Crippen LogP contribution < -0.4 is 10.6 Å². The van der Waals surface area contributed by atoms with Crippen LogP contribution in [0.4, 0.5) is 4.39 Å². The number of amides is 1. The summed E-state index contributed by atoms with van der Waals surface area (Å²) in [6.45, 7) is 6.05. The second kappa shape index (κ2) is 8.97. The number of nitrogens with one attached hydrogen (secondary N) is 2. The zero-order valence-electron chi connectivity index (χ0n) is 14.9. The molecule has 25 heavy (non-hydrogen) atoms. The Morgan fingerprint density at radius 1 is 1.32 bits per heavy atom. The number of hydrogen-bond donors (Lipinski definition) is 2. The molecule has 0 unspecified atom stereocenters. The molecule has 2 aliphatic rings. The molecule has 6 heteroatoms. The van der Waals surface area contributed by atoms with Gasteiger partial charge in [-0.25, -0.2) is 4.39 Å². The van der Waals surface area contributed by atoms with Crippen LogP contribution in [0, 0.1) is 5.82 Å². The molecule has 1 amide bonds. The third-order valence-corrected chi connectivity index (χ3v) is 5.63. The van der Waals surface area contributed by atoms with Crippen molar-refractivity contribution in [3.63, 3.8) is 0 Å². The number of hydrogen-bond acceptors (Lipinski definition) is 3.